The number of nitrogens with one attached hydrogen (secondary N) is 3. The van der Waals surface area contributed by atoms with Crippen LogP contribution in [0.15, 0.2) is 43.0 Å². The predicted octanol–water partition coefficient (Wildman–Crippen LogP) is 1.70. The highest BCUT2D eigenvalue weighted by Gasteiger charge is 2.37. The van der Waals surface area contributed by atoms with Crippen LogP contribution >= 0.6 is 0 Å². The molecule has 3 unspecified atom stereocenters. The van der Waals surface area contributed by atoms with Gasteiger partial charge in [-0.25, -0.2) is 19.8 Å². The molecule has 1 fully saturated rings. The summed E-state index contributed by atoms with van der Waals surface area (Å²) in [6.45, 7) is 2.63. The molecule has 0 spiro atoms. The fourth-order valence-corrected chi connectivity index (χ4v) is 4.51. The lowest BCUT2D eigenvalue weighted by atomic mass is 9.92. The first-order chi connectivity index (χ1) is 13.7. The summed E-state index contributed by atoms with van der Waals surface area (Å²) in [5.41, 5.74) is 9.81. The molecule has 1 saturated heterocycles. The van der Waals surface area contributed by atoms with Crippen molar-refractivity contribution in [1.82, 2.24) is 35.3 Å². The quantitative estimate of drug-likeness (QED) is 0.642. The third kappa shape index (κ3) is 3.03. The molecule has 0 aliphatic carbocycles. The lowest BCUT2D eigenvalue weighted by molar-refractivity contribution is 0.166. The van der Waals surface area contributed by atoms with Gasteiger partial charge in [0.15, 0.2) is 0 Å². The number of benzene rings is 1. The molecule has 1 aromatic carbocycles. The van der Waals surface area contributed by atoms with Crippen LogP contribution in [-0.4, -0.2) is 44.1 Å². The number of hydrogen-bond donors (Lipinski definition) is 3. The van der Waals surface area contributed by atoms with Crippen molar-refractivity contribution < 1.29 is 4.39 Å². The van der Waals surface area contributed by atoms with Gasteiger partial charge < -0.3 is 9.55 Å². The van der Waals surface area contributed by atoms with E-state index in [-0.39, 0.29) is 17.9 Å². The van der Waals surface area contributed by atoms with Gasteiger partial charge in [-0.3, -0.25) is 10.3 Å². The molecule has 3 aromatic rings. The van der Waals surface area contributed by atoms with Crippen LogP contribution in [0.4, 0.5) is 4.39 Å². The third-order valence-electron chi connectivity index (χ3n) is 5.90. The van der Waals surface area contributed by atoms with Crippen LogP contribution in [0.3, 0.4) is 0 Å². The van der Waals surface area contributed by atoms with Crippen molar-refractivity contribution in [1.29, 1.82) is 0 Å². The SMILES string of the molecule is Cn1ccnc1C1c2nc[nH]c2CCN1CC1CNNC1c1cccc(F)c1. The molecule has 146 valence electrons. The fraction of sp³-hybridized carbons (Fsp3) is 0.400. The Bertz CT molecular complexity index is 965. The Morgan fingerprint density at radius 1 is 1.29 bits per heavy atom. The van der Waals surface area contributed by atoms with Crippen LogP contribution in [0.25, 0.3) is 0 Å². The summed E-state index contributed by atoms with van der Waals surface area (Å²) in [4.78, 5) is 15.0. The molecular formula is C20H24FN7. The maximum absolute atomic E-state index is 13.7. The Balaban J connectivity index is 1.44. The number of aryl methyl sites for hydroxylation is 1. The van der Waals surface area contributed by atoms with Crippen LogP contribution in [-0.2, 0) is 13.5 Å². The van der Waals surface area contributed by atoms with Crippen LogP contribution in [0.1, 0.15) is 34.9 Å². The predicted molar refractivity (Wildman–Crippen MR) is 103 cm³/mol. The maximum atomic E-state index is 13.7. The van der Waals surface area contributed by atoms with E-state index in [1.54, 1.807) is 18.5 Å². The zero-order valence-electron chi connectivity index (χ0n) is 15.8. The van der Waals surface area contributed by atoms with Gasteiger partial charge in [-0.15, -0.1) is 0 Å². The average molecular weight is 381 g/mol. The Labute approximate surface area is 163 Å². The zero-order valence-corrected chi connectivity index (χ0v) is 15.8. The van der Waals surface area contributed by atoms with Crippen molar-refractivity contribution in [2.75, 3.05) is 19.6 Å². The van der Waals surface area contributed by atoms with Crippen molar-refractivity contribution in [3.8, 4) is 0 Å². The van der Waals surface area contributed by atoms with Gasteiger partial charge in [0.1, 0.15) is 17.7 Å². The number of fused-ring (bicyclic) bond motifs is 1. The Hall–Kier alpha value is -2.55. The average Bonchev–Trinajstić information content (AvgIpc) is 3.42. The number of aromatic amines is 1. The molecule has 0 radical (unpaired) electrons. The molecule has 2 aliphatic heterocycles. The smallest absolute Gasteiger partial charge is 0.132 e. The maximum Gasteiger partial charge on any atom is 0.132 e. The normalized spacial score (nSPS) is 25.1. The minimum Gasteiger partial charge on any atom is -0.348 e. The van der Waals surface area contributed by atoms with E-state index >= 15 is 0 Å². The summed E-state index contributed by atoms with van der Waals surface area (Å²) < 4.78 is 15.8. The van der Waals surface area contributed by atoms with E-state index < -0.39 is 0 Å². The first-order valence-electron chi connectivity index (χ1n) is 9.68. The van der Waals surface area contributed by atoms with Gasteiger partial charge in [-0.2, -0.15) is 0 Å². The van der Waals surface area contributed by atoms with Crippen molar-refractivity contribution >= 4 is 0 Å². The fourth-order valence-electron chi connectivity index (χ4n) is 4.51. The molecule has 8 heteroatoms. The number of H-pyrrole nitrogens is 1. The van der Waals surface area contributed by atoms with Crippen LogP contribution in [0.2, 0.25) is 0 Å². The second kappa shape index (κ2) is 7.12. The van der Waals surface area contributed by atoms with Gasteiger partial charge in [0.2, 0.25) is 0 Å². The number of rotatable bonds is 4. The van der Waals surface area contributed by atoms with Gasteiger partial charge >= 0.3 is 0 Å². The van der Waals surface area contributed by atoms with Crippen molar-refractivity contribution in [2.45, 2.75) is 18.5 Å². The molecule has 0 amide bonds. The van der Waals surface area contributed by atoms with Crippen molar-refractivity contribution in [3.05, 3.63) is 71.6 Å². The van der Waals surface area contributed by atoms with E-state index in [2.05, 4.69) is 35.3 Å². The van der Waals surface area contributed by atoms with Gasteiger partial charge in [-0.05, 0) is 17.7 Å². The second-order valence-corrected chi connectivity index (χ2v) is 7.63. The van der Waals surface area contributed by atoms with E-state index in [0.29, 0.717) is 5.92 Å². The van der Waals surface area contributed by atoms with Gasteiger partial charge in [-0.1, -0.05) is 12.1 Å². The lowest BCUT2D eigenvalue weighted by Gasteiger charge is -2.36. The van der Waals surface area contributed by atoms with Crippen LogP contribution in [0.5, 0.6) is 0 Å². The third-order valence-corrected chi connectivity index (χ3v) is 5.90. The zero-order chi connectivity index (χ0) is 19.1. The molecule has 2 aromatic heterocycles. The molecule has 5 rings (SSSR count). The number of aromatic nitrogens is 4. The summed E-state index contributed by atoms with van der Waals surface area (Å²) in [5, 5.41) is 0. The van der Waals surface area contributed by atoms with Crippen LogP contribution in [0, 0.1) is 11.7 Å². The highest BCUT2D eigenvalue weighted by Crippen LogP contribution is 2.35. The van der Waals surface area contributed by atoms with Gasteiger partial charge in [0.25, 0.3) is 0 Å². The largest absolute Gasteiger partial charge is 0.348 e. The molecule has 4 heterocycles. The van der Waals surface area contributed by atoms with Gasteiger partial charge in [0, 0.05) is 57.1 Å². The molecule has 0 bridgehead atoms. The van der Waals surface area contributed by atoms with E-state index in [1.165, 1.54) is 11.8 Å². The summed E-state index contributed by atoms with van der Waals surface area (Å²) >= 11 is 0. The highest BCUT2D eigenvalue weighted by molar-refractivity contribution is 5.27. The van der Waals surface area contributed by atoms with Gasteiger partial charge in [0.05, 0.1) is 18.1 Å². The Kier molecular flexibility index (Phi) is 4.46. The first kappa shape index (κ1) is 17.5. The number of halogens is 1. The topological polar surface area (TPSA) is 73.8 Å². The monoisotopic (exact) mass is 381 g/mol. The molecule has 7 nitrogen and oxygen atoms in total. The van der Waals surface area contributed by atoms with E-state index in [0.717, 1.165) is 43.1 Å². The lowest BCUT2D eigenvalue weighted by Crippen LogP contribution is -2.41. The molecule has 28 heavy (non-hydrogen) atoms. The molecule has 0 saturated carbocycles. The summed E-state index contributed by atoms with van der Waals surface area (Å²) in [6.07, 6.45) is 6.53. The molecule has 3 atom stereocenters. The molecule has 2 aliphatic rings. The van der Waals surface area contributed by atoms with E-state index in [4.69, 9.17) is 0 Å². The second-order valence-electron chi connectivity index (χ2n) is 7.63. The number of hydrogen-bond acceptors (Lipinski definition) is 5. The first-order valence-corrected chi connectivity index (χ1v) is 9.68. The Morgan fingerprint density at radius 2 is 2.21 bits per heavy atom. The number of imidazole rings is 2. The highest BCUT2D eigenvalue weighted by atomic mass is 19.1. The minimum absolute atomic E-state index is 0.0174. The number of nitrogens with zero attached hydrogens (tertiary/aromatic N) is 4. The summed E-state index contributed by atoms with van der Waals surface area (Å²) in [7, 11) is 2.02. The summed E-state index contributed by atoms with van der Waals surface area (Å²) in [5.74, 6) is 1.11. The van der Waals surface area contributed by atoms with Crippen molar-refractivity contribution in [3.63, 3.8) is 0 Å². The van der Waals surface area contributed by atoms with Crippen LogP contribution < -0.4 is 10.9 Å². The van der Waals surface area contributed by atoms with E-state index in [9.17, 15) is 4.39 Å². The van der Waals surface area contributed by atoms with Crippen molar-refractivity contribution in [2.24, 2.45) is 13.0 Å². The standard InChI is InChI=1S/C20H24FN7/c1-27-8-6-22-20(27)19-18-16(23-12-24-18)5-7-28(19)11-14-10-25-26-17(14)13-3-2-4-15(21)9-13/h2-4,6,8-9,12,14,17,19,25-26H,5,7,10-11H2,1H3,(H,23,24). The minimum atomic E-state index is -0.199. The molecular weight excluding hydrogens is 357 g/mol. The number of hydrazine groups is 1. The van der Waals surface area contributed by atoms with E-state index in [1.807, 2.05) is 25.5 Å². The summed E-state index contributed by atoms with van der Waals surface area (Å²) in [6, 6.07) is 6.95. The Morgan fingerprint density at radius 3 is 3.04 bits per heavy atom. The molecule has 3 N–H and O–H groups in total.